The van der Waals surface area contributed by atoms with Gasteiger partial charge in [-0.2, -0.15) is 0 Å². The van der Waals surface area contributed by atoms with E-state index < -0.39 is 29.4 Å². The summed E-state index contributed by atoms with van der Waals surface area (Å²) in [6.07, 6.45) is 3.05. The Bertz CT molecular complexity index is 699. The van der Waals surface area contributed by atoms with Gasteiger partial charge in [-0.1, -0.05) is 19.9 Å². The van der Waals surface area contributed by atoms with Crippen LogP contribution in [0.1, 0.15) is 52.4 Å². The zero-order valence-corrected chi connectivity index (χ0v) is 16.1. The van der Waals surface area contributed by atoms with Crippen LogP contribution in [0.25, 0.3) is 0 Å². The van der Waals surface area contributed by atoms with Crippen molar-refractivity contribution in [3.8, 4) is 11.3 Å². The lowest BCUT2D eigenvalue weighted by molar-refractivity contribution is -0.121. The van der Waals surface area contributed by atoms with Crippen LogP contribution in [0, 0.1) is 39.9 Å². The highest BCUT2D eigenvalue weighted by molar-refractivity contribution is 6.30. The maximum absolute atomic E-state index is 14.7. The van der Waals surface area contributed by atoms with Crippen LogP contribution in [-0.4, -0.2) is 39.3 Å². The molecular formula is C21H28ClFO3. The van der Waals surface area contributed by atoms with Crippen molar-refractivity contribution >= 4 is 11.6 Å². The molecule has 3 saturated carbocycles. The lowest BCUT2D eigenvalue weighted by Crippen LogP contribution is -2.56. The van der Waals surface area contributed by atoms with Crippen LogP contribution in [0.5, 0.6) is 0 Å². The Kier molecular flexibility index (Phi) is 4.29. The normalized spacial score (nSPS) is 55.7. The summed E-state index contributed by atoms with van der Waals surface area (Å²) < 4.78 is 14.7. The van der Waals surface area contributed by atoms with Crippen molar-refractivity contribution in [3.63, 3.8) is 0 Å². The second kappa shape index (κ2) is 5.95. The molecule has 3 nitrogen and oxygen atoms in total. The molecule has 9 atom stereocenters. The number of halogens is 2. The third-order valence-corrected chi connectivity index (χ3v) is 8.67. The highest BCUT2D eigenvalue weighted by atomic mass is 35.5. The molecule has 4 rings (SSSR count). The molecule has 0 amide bonds. The van der Waals surface area contributed by atoms with Crippen molar-refractivity contribution in [1.29, 1.82) is 0 Å². The fourth-order valence-electron chi connectivity index (χ4n) is 6.99. The summed E-state index contributed by atoms with van der Waals surface area (Å²) in [6.45, 7) is 4.17. The van der Waals surface area contributed by atoms with Crippen molar-refractivity contribution in [2.75, 3.05) is 0 Å². The Morgan fingerprint density at radius 1 is 1.19 bits per heavy atom. The van der Waals surface area contributed by atoms with Crippen LogP contribution in [0.3, 0.4) is 0 Å². The molecular weight excluding hydrogens is 355 g/mol. The van der Waals surface area contributed by atoms with Gasteiger partial charge in [0.15, 0.2) is 5.60 Å². The lowest BCUT2D eigenvalue weighted by Gasteiger charge is -2.58. The molecule has 0 bridgehead atoms. The molecule has 0 aromatic heterocycles. The third kappa shape index (κ3) is 2.18. The lowest BCUT2D eigenvalue weighted by atomic mass is 9.47. The van der Waals surface area contributed by atoms with Crippen LogP contribution in [0.4, 0.5) is 4.39 Å². The molecule has 26 heavy (non-hydrogen) atoms. The molecule has 3 N–H and O–H groups in total. The predicted octanol–water partition coefficient (Wildman–Crippen LogP) is 3.16. The van der Waals surface area contributed by atoms with Crippen LogP contribution < -0.4 is 0 Å². The third-order valence-electron chi connectivity index (χ3n) is 8.58. The molecule has 0 aromatic carbocycles. The summed E-state index contributed by atoms with van der Waals surface area (Å²) in [6, 6.07) is 0. The quantitative estimate of drug-likeness (QED) is 0.445. The van der Waals surface area contributed by atoms with Gasteiger partial charge in [-0.05, 0) is 84.8 Å². The van der Waals surface area contributed by atoms with E-state index in [2.05, 4.69) is 18.2 Å². The van der Waals surface area contributed by atoms with Crippen LogP contribution in [-0.2, 0) is 0 Å². The first-order valence-electron chi connectivity index (χ1n) is 9.75. The van der Waals surface area contributed by atoms with E-state index in [1.807, 2.05) is 13.0 Å². The zero-order valence-electron chi connectivity index (χ0n) is 15.4. The van der Waals surface area contributed by atoms with E-state index in [1.54, 1.807) is 0 Å². The summed E-state index contributed by atoms with van der Waals surface area (Å²) >= 11 is 5.60. The van der Waals surface area contributed by atoms with E-state index in [1.165, 1.54) is 0 Å². The van der Waals surface area contributed by atoms with Gasteiger partial charge in [0.2, 0.25) is 0 Å². The standard InChI is InChI=1S/C21H28ClFO3/c1-19-7-6-16(24)18(23)14(19)4-3-12-13(19)5-8-20(2)15(12)11-17(25)21(20,26)9-10-22/h4,12-13,15-18,24-26H,3,5-8,11H2,1-2H3/t12-,13-,15+,16?,17?,18?,19-,20+,21?/m1/s1. The minimum atomic E-state index is -1.49. The number of rotatable bonds is 0. The molecule has 0 spiro atoms. The summed E-state index contributed by atoms with van der Waals surface area (Å²) in [5, 5.41) is 34.0. The Hall–Kier alpha value is -0.600. The van der Waals surface area contributed by atoms with Crippen molar-refractivity contribution in [2.24, 2.45) is 28.6 Å². The van der Waals surface area contributed by atoms with Gasteiger partial charge >= 0.3 is 0 Å². The highest BCUT2D eigenvalue weighted by Gasteiger charge is 2.67. The molecule has 0 heterocycles. The Morgan fingerprint density at radius 3 is 2.62 bits per heavy atom. The molecule has 3 fully saturated rings. The second-order valence-electron chi connectivity index (χ2n) is 9.39. The first-order valence-corrected chi connectivity index (χ1v) is 10.1. The molecule has 5 heteroatoms. The number of allylic oxidation sites excluding steroid dienone is 1. The fourth-order valence-corrected chi connectivity index (χ4v) is 7.14. The number of alkyl halides is 1. The number of hydrogen-bond donors (Lipinski definition) is 3. The Morgan fingerprint density at radius 2 is 1.92 bits per heavy atom. The summed E-state index contributed by atoms with van der Waals surface area (Å²) in [5.41, 5.74) is -1.47. The van der Waals surface area contributed by atoms with E-state index in [0.717, 1.165) is 31.3 Å². The summed E-state index contributed by atoms with van der Waals surface area (Å²) in [5.74, 6) is 3.41. The second-order valence-corrected chi connectivity index (χ2v) is 9.58. The van der Waals surface area contributed by atoms with Crippen LogP contribution in [0.2, 0.25) is 0 Å². The van der Waals surface area contributed by atoms with E-state index in [4.69, 9.17) is 11.6 Å². The maximum atomic E-state index is 14.7. The molecule has 4 aliphatic carbocycles. The number of fused-ring (bicyclic) bond motifs is 5. The molecule has 144 valence electrons. The van der Waals surface area contributed by atoms with Crippen LogP contribution in [0.15, 0.2) is 11.6 Å². The van der Waals surface area contributed by atoms with E-state index >= 15 is 0 Å². The van der Waals surface area contributed by atoms with Crippen molar-refractivity contribution in [2.45, 2.75) is 76.4 Å². The highest BCUT2D eigenvalue weighted by Crippen LogP contribution is 2.67. The van der Waals surface area contributed by atoms with Gasteiger partial charge in [0, 0.05) is 10.8 Å². The Labute approximate surface area is 159 Å². The summed E-state index contributed by atoms with van der Waals surface area (Å²) in [4.78, 5) is 0. The Balaban J connectivity index is 1.73. The minimum absolute atomic E-state index is 0.123. The van der Waals surface area contributed by atoms with Gasteiger partial charge in [0.1, 0.15) is 6.17 Å². The monoisotopic (exact) mass is 382 g/mol. The maximum Gasteiger partial charge on any atom is 0.157 e. The average Bonchev–Trinajstić information content (AvgIpc) is 2.79. The minimum Gasteiger partial charge on any atom is -0.390 e. The van der Waals surface area contributed by atoms with Gasteiger partial charge in [-0.3, -0.25) is 0 Å². The summed E-state index contributed by atoms with van der Waals surface area (Å²) in [7, 11) is 0. The van der Waals surface area contributed by atoms with Gasteiger partial charge in [0.25, 0.3) is 0 Å². The number of hydrogen-bond acceptors (Lipinski definition) is 3. The molecule has 4 aliphatic rings. The van der Waals surface area contributed by atoms with Crippen molar-refractivity contribution < 1.29 is 19.7 Å². The molecule has 0 aliphatic heterocycles. The topological polar surface area (TPSA) is 60.7 Å². The van der Waals surface area contributed by atoms with Gasteiger partial charge < -0.3 is 15.3 Å². The molecule has 4 unspecified atom stereocenters. The zero-order chi connectivity index (χ0) is 18.9. The number of aliphatic hydroxyl groups is 3. The molecule has 0 aromatic rings. The van der Waals surface area contributed by atoms with Crippen molar-refractivity contribution in [3.05, 3.63) is 11.6 Å². The molecule has 0 radical (unpaired) electrons. The average molecular weight is 383 g/mol. The van der Waals surface area contributed by atoms with Crippen molar-refractivity contribution in [1.82, 2.24) is 0 Å². The number of aliphatic hydroxyl groups excluding tert-OH is 2. The molecule has 0 saturated heterocycles. The van der Waals surface area contributed by atoms with E-state index in [0.29, 0.717) is 18.8 Å². The van der Waals surface area contributed by atoms with E-state index in [9.17, 15) is 19.7 Å². The first-order chi connectivity index (χ1) is 12.2. The largest absolute Gasteiger partial charge is 0.390 e. The van der Waals surface area contributed by atoms with Gasteiger partial charge in [-0.25, -0.2) is 4.39 Å². The van der Waals surface area contributed by atoms with E-state index in [-0.39, 0.29) is 17.3 Å². The van der Waals surface area contributed by atoms with Gasteiger partial charge in [0.05, 0.1) is 12.2 Å². The predicted molar refractivity (Wildman–Crippen MR) is 98.0 cm³/mol. The van der Waals surface area contributed by atoms with Gasteiger partial charge in [-0.15, -0.1) is 0 Å². The fraction of sp³-hybridized carbons (Fsp3) is 0.810. The smallest absolute Gasteiger partial charge is 0.157 e. The first kappa shape index (κ1) is 18.7. The van der Waals surface area contributed by atoms with Crippen LogP contribution >= 0.6 is 11.6 Å². The SMILES string of the molecule is C[C@]12CCC(O)C(F)C1=CC[C@@H]1[C@H]2CC[C@@]2(C)[C@H]1CC(O)C2(O)C#CCl.